The highest BCUT2D eigenvalue weighted by atomic mass is 19.4. The molecular formula is C13H9F3O3. The van der Waals surface area contributed by atoms with Crippen molar-refractivity contribution in [1.29, 1.82) is 0 Å². The summed E-state index contributed by atoms with van der Waals surface area (Å²) in [6.07, 6.45) is -4.44. The number of halogens is 3. The van der Waals surface area contributed by atoms with Crippen LogP contribution in [-0.4, -0.2) is 11.1 Å². The molecule has 19 heavy (non-hydrogen) atoms. The van der Waals surface area contributed by atoms with Crippen molar-refractivity contribution in [3.8, 4) is 11.1 Å². The molecule has 0 bridgehead atoms. The number of carbonyl (C=O) groups is 1. The maximum Gasteiger partial charge on any atom is 0.416 e. The van der Waals surface area contributed by atoms with E-state index in [1.165, 1.54) is 25.1 Å². The zero-order valence-corrected chi connectivity index (χ0v) is 9.78. The zero-order chi connectivity index (χ0) is 14.2. The van der Waals surface area contributed by atoms with Crippen LogP contribution in [0, 0.1) is 6.92 Å². The summed E-state index contributed by atoms with van der Waals surface area (Å²) in [5, 5.41) is 8.78. The Balaban J connectivity index is 2.50. The Kier molecular flexibility index (Phi) is 3.09. The van der Waals surface area contributed by atoms with Gasteiger partial charge in [-0.2, -0.15) is 13.2 Å². The van der Waals surface area contributed by atoms with Crippen LogP contribution in [0.4, 0.5) is 13.2 Å². The van der Waals surface area contributed by atoms with Crippen LogP contribution in [-0.2, 0) is 6.18 Å². The topological polar surface area (TPSA) is 50.4 Å². The van der Waals surface area contributed by atoms with E-state index >= 15 is 0 Å². The van der Waals surface area contributed by atoms with Crippen LogP contribution < -0.4 is 0 Å². The molecule has 0 saturated heterocycles. The molecular weight excluding hydrogens is 261 g/mol. The van der Waals surface area contributed by atoms with Gasteiger partial charge in [-0.3, -0.25) is 0 Å². The van der Waals surface area contributed by atoms with Crippen molar-refractivity contribution in [3.63, 3.8) is 0 Å². The van der Waals surface area contributed by atoms with Crippen molar-refractivity contribution >= 4 is 5.97 Å². The lowest BCUT2D eigenvalue weighted by Gasteiger charge is -2.08. The van der Waals surface area contributed by atoms with E-state index in [1.54, 1.807) is 0 Å². The number of aryl methyl sites for hydroxylation is 1. The number of hydrogen-bond donors (Lipinski definition) is 1. The molecule has 0 fully saturated rings. The monoisotopic (exact) mass is 270 g/mol. The molecule has 0 saturated carbocycles. The van der Waals surface area contributed by atoms with Crippen LogP contribution >= 0.6 is 0 Å². The third kappa shape index (κ3) is 2.62. The molecule has 1 aromatic carbocycles. The number of rotatable bonds is 2. The Hall–Kier alpha value is -2.24. The van der Waals surface area contributed by atoms with E-state index in [0.29, 0.717) is 5.56 Å². The van der Waals surface area contributed by atoms with Gasteiger partial charge >= 0.3 is 12.1 Å². The average Bonchev–Trinajstić information content (AvgIpc) is 2.71. The molecule has 1 N–H and O–H groups in total. The summed E-state index contributed by atoms with van der Waals surface area (Å²) < 4.78 is 42.8. The number of carboxylic acid groups (broad SMARTS) is 1. The normalized spacial score (nSPS) is 11.6. The van der Waals surface area contributed by atoms with E-state index in [1.807, 2.05) is 0 Å². The quantitative estimate of drug-likeness (QED) is 0.898. The van der Waals surface area contributed by atoms with E-state index in [9.17, 15) is 18.0 Å². The standard InChI is InChI=1S/C13H9F3O3/c1-7-10(6-11(19-7)12(17)18)8-3-2-4-9(5-8)13(14,15)16/h2-6H,1H3,(H,17,18). The number of aromatic carboxylic acids is 1. The number of alkyl halides is 3. The summed E-state index contributed by atoms with van der Waals surface area (Å²) in [5.41, 5.74) is -0.186. The third-order valence-corrected chi connectivity index (χ3v) is 2.63. The van der Waals surface area contributed by atoms with Gasteiger partial charge in [-0.25, -0.2) is 4.79 Å². The second kappa shape index (κ2) is 4.46. The Labute approximate surface area is 106 Å². The molecule has 100 valence electrons. The van der Waals surface area contributed by atoms with Gasteiger partial charge in [0.25, 0.3) is 0 Å². The van der Waals surface area contributed by atoms with Gasteiger partial charge in [0.2, 0.25) is 5.76 Å². The first-order valence-electron chi connectivity index (χ1n) is 5.30. The fourth-order valence-corrected chi connectivity index (χ4v) is 1.74. The molecule has 0 aliphatic heterocycles. The summed E-state index contributed by atoms with van der Waals surface area (Å²) in [6.45, 7) is 1.50. The fourth-order valence-electron chi connectivity index (χ4n) is 1.74. The van der Waals surface area contributed by atoms with Crippen molar-refractivity contribution < 1.29 is 27.5 Å². The first-order chi connectivity index (χ1) is 8.79. The number of hydrogen-bond acceptors (Lipinski definition) is 2. The van der Waals surface area contributed by atoms with Crippen LogP contribution in [0.25, 0.3) is 11.1 Å². The van der Waals surface area contributed by atoms with Crippen LogP contribution in [0.3, 0.4) is 0 Å². The minimum Gasteiger partial charge on any atom is -0.475 e. The first kappa shape index (κ1) is 13.2. The lowest BCUT2D eigenvalue weighted by atomic mass is 10.0. The maximum atomic E-state index is 12.6. The lowest BCUT2D eigenvalue weighted by Crippen LogP contribution is -2.04. The van der Waals surface area contributed by atoms with E-state index in [4.69, 9.17) is 9.52 Å². The summed E-state index contributed by atoms with van der Waals surface area (Å²) in [7, 11) is 0. The van der Waals surface area contributed by atoms with Gasteiger partial charge in [0.05, 0.1) is 5.56 Å². The molecule has 0 aliphatic rings. The Bertz CT molecular complexity index is 626. The van der Waals surface area contributed by atoms with Crippen molar-refractivity contribution in [2.75, 3.05) is 0 Å². The number of carboxylic acids is 1. The van der Waals surface area contributed by atoms with Gasteiger partial charge in [-0.15, -0.1) is 0 Å². The van der Waals surface area contributed by atoms with E-state index in [2.05, 4.69) is 0 Å². The van der Waals surface area contributed by atoms with Crippen molar-refractivity contribution in [2.45, 2.75) is 13.1 Å². The third-order valence-electron chi connectivity index (χ3n) is 2.63. The van der Waals surface area contributed by atoms with Gasteiger partial charge in [0.1, 0.15) is 5.76 Å². The highest BCUT2D eigenvalue weighted by Crippen LogP contribution is 2.33. The molecule has 3 nitrogen and oxygen atoms in total. The highest BCUT2D eigenvalue weighted by Gasteiger charge is 2.30. The Morgan fingerprint density at radius 2 is 1.95 bits per heavy atom. The van der Waals surface area contributed by atoms with Crippen LogP contribution in [0.2, 0.25) is 0 Å². The Morgan fingerprint density at radius 3 is 2.47 bits per heavy atom. The second-order valence-electron chi connectivity index (χ2n) is 3.96. The van der Waals surface area contributed by atoms with Gasteiger partial charge in [0.15, 0.2) is 0 Å². The minimum atomic E-state index is -4.44. The smallest absolute Gasteiger partial charge is 0.416 e. The van der Waals surface area contributed by atoms with Gasteiger partial charge in [0, 0.05) is 5.56 Å². The molecule has 0 unspecified atom stereocenters. The van der Waals surface area contributed by atoms with Gasteiger partial charge in [-0.1, -0.05) is 12.1 Å². The molecule has 1 heterocycles. The maximum absolute atomic E-state index is 12.6. The molecule has 6 heteroatoms. The molecule has 0 amide bonds. The summed E-state index contributed by atoms with van der Waals surface area (Å²) in [5.74, 6) is -1.30. The van der Waals surface area contributed by atoms with Crippen LogP contribution in [0.5, 0.6) is 0 Å². The predicted octanol–water partition coefficient (Wildman–Crippen LogP) is 3.97. The molecule has 2 aromatic rings. The molecule has 0 spiro atoms. The van der Waals surface area contributed by atoms with Gasteiger partial charge < -0.3 is 9.52 Å². The van der Waals surface area contributed by atoms with Crippen molar-refractivity contribution in [2.24, 2.45) is 0 Å². The van der Waals surface area contributed by atoms with E-state index in [-0.39, 0.29) is 17.1 Å². The lowest BCUT2D eigenvalue weighted by molar-refractivity contribution is -0.137. The highest BCUT2D eigenvalue weighted by molar-refractivity contribution is 5.87. The summed E-state index contributed by atoms with van der Waals surface area (Å²) in [4.78, 5) is 10.8. The molecule has 0 radical (unpaired) electrons. The van der Waals surface area contributed by atoms with Gasteiger partial charge in [-0.05, 0) is 30.7 Å². The van der Waals surface area contributed by atoms with Crippen LogP contribution in [0.15, 0.2) is 34.7 Å². The number of benzene rings is 1. The van der Waals surface area contributed by atoms with Crippen molar-refractivity contribution in [1.82, 2.24) is 0 Å². The fraction of sp³-hybridized carbons (Fsp3) is 0.154. The second-order valence-corrected chi connectivity index (χ2v) is 3.96. The largest absolute Gasteiger partial charge is 0.475 e. The minimum absolute atomic E-state index is 0.261. The predicted molar refractivity (Wildman–Crippen MR) is 60.8 cm³/mol. The number of furan rings is 1. The first-order valence-corrected chi connectivity index (χ1v) is 5.30. The zero-order valence-electron chi connectivity index (χ0n) is 9.78. The average molecular weight is 270 g/mol. The molecule has 0 atom stereocenters. The molecule has 1 aromatic heterocycles. The van der Waals surface area contributed by atoms with Crippen LogP contribution in [0.1, 0.15) is 21.9 Å². The Morgan fingerprint density at radius 1 is 1.26 bits per heavy atom. The van der Waals surface area contributed by atoms with E-state index < -0.39 is 17.7 Å². The summed E-state index contributed by atoms with van der Waals surface area (Å²) >= 11 is 0. The van der Waals surface area contributed by atoms with E-state index in [0.717, 1.165) is 12.1 Å². The van der Waals surface area contributed by atoms with Crippen molar-refractivity contribution in [3.05, 3.63) is 47.4 Å². The molecule has 2 rings (SSSR count). The molecule has 0 aliphatic carbocycles. The summed E-state index contributed by atoms with van der Waals surface area (Å²) in [6, 6.07) is 5.87. The SMILES string of the molecule is Cc1oc(C(=O)O)cc1-c1cccc(C(F)(F)F)c1.